The Morgan fingerprint density at radius 1 is 1.21 bits per heavy atom. The maximum absolute atomic E-state index is 13.8. The van der Waals surface area contributed by atoms with Crippen molar-refractivity contribution in [2.75, 3.05) is 6.61 Å². The lowest BCUT2D eigenvalue weighted by Crippen LogP contribution is -2.23. The first-order chi connectivity index (χ1) is 13.3. The molecular weight excluding hydrogens is 420 g/mol. The quantitative estimate of drug-likeness (QED) is 0.352. The zero-order valence-electron chi connectivity index (χ0n) is 13.8. The average Bonchev–Trinajstić information content (AvgIpc) is 3.08. The summed E-state index contributed by atoms with van der Waals surface area (Å²) in [7, 11) is 0. The van der Waals surface area contributed by atoms with Crippen molar-refractivity contribution in [2.45, 2.75) is 6.54 Å². The number of halogens is 4. The van der Waals surface area contributed by atoms with E-state index in [-0.39, 0.29) is 32.6 Å². The smallest absolute Gasteiger partial charge is 0.341 e. The number of aromatic nitrogens is 1. The summed E-state index contributed by atoms with van der Waals surface area (Å²) in [6.07, 6.45) is 0. The molecule has 0 aliphatic carbocycles. The molecule has 11 heteroatoms. The Morgan fingerprint density at radius 3 is 2.68 bits per heavy atom. The molecule has 0 atom stereocenters. The summed E-state index contributed by atoms with van der Waals surface area (Å²) in [4.78, 5) is 14.6. The number of carboxylic acids is 1. The van der Waals surface area contributed by atoms with Crippen molar-refractivity contribution in [1.29, 1.82) is 0 Å². The summed E-state index contributed by atoms with van der Waals surface area (Å²) in [6, 6.07) is 3.84. The molecule has 2 N–H and O–H groups in total. The van der Waals surface area contributed by atoms with E-state index in [0.29, 0.717) is 6.07 Å². The van der Waals surface area contributed by atoms with Gasteiger partial charge in [-0.3, -0.25) is 0 Å². The Kier molecular flexibility index (Phi) is 5.75. The number of thiazole rings is 1. The monoisotopic (exact) mass is 430 g/mol. The molecule has 0 unspecified atom stereocenters. The highest BCUT2D eigenvalue weighted by molar-refractivity contribution is 7.80. The van der Waals surface area contributed by atoms with Gasteiger partial charge in [-0.2, -0.15) is 0 Å². The Labute approximate surface area is 164 Å². The number of benzene rings is 2. The van der Waals surface area contributed by atoms with Crippen LogP contribution in [0.25, 0.3) is 10.2 Å². The highest BCUT2D eigenvalue weighted by atomic mass is 32.1. The highest BCUT2D eigenvalue weighted by Gasteiger charge is 2.18. The molecule has 0 aliphatic rings. The first-order valence-corrected chi connectivity index (χ1v) is 8.84. The Hall–Kier alpha value is -2.79. The number of nitrogens with one attached hydrogen (secondary N) is 1. The fourth-order valence-electron chi connectivity index (χ4n) is 2.30. The minimum Gasteiger partial charge on any atom is -0.481 e. The van der Waals surface area contributed by atoms with Gasteiger partial charge in [0.05, 0.1) is 16.8 Å². The van der Waals surface area contributed by atoms with Crippen molar-refractivity contribution in [1.82, 2.24) is 10.3 Å². The normalized spacial score (nSPS) is 10.9. The fourth-order valence-corrected chi connectivity index (χ4v) is 3.44. The molecule has 28 heavy (non-hydrogen) atoms. The van der Waals surface area contributed by atoms with E-state index in [4.69, 9.17) is 22.1 Å². The summed E-state index contributed by atoms with van der Waals surface area (Å²) in [5.74, 6) is -5.49. The summed E-state index contributed by atoms with van der Waals surface area (Å²) >= 11 is 6.01. The average molecular weight is 430 g/mol. The van der Waals surface area contributed by atoms with Gasteiger partial charge in [-0.25, -0.2) is 27.3 Å². The van der Waals surface area contributed by atoms with Gasteiger partial charge in [-0.05, 0) is 12.1 Å². The molecular formula is C17H10F4N2O3S2. The Bertz CT molecular complexity index is 1090. The first kappa shape index (κ1) is 20.0. The molecule has 3 rings (SSSR count). The van der Waals surface area contributed by atoms with Crippen molar-refractivity contribution >= 4 is 44.7 Å². The van der Waals surface area contributed by atoms with Crippen LogP contribution in [-0.4, -0.2) is 27.7 Å². The number of hydrogen-bond acceptors (Lipinski definition) is 5. The van der Waals surface area contributed by atoms with E-state index >= 15 is 0 Å². The van der Waals surface area contributed by atoms with Crippen LogP contribution in [0.5, 0.6) is 5.75 Å². The van der Waals surface area contributed by atoms with Gasteiger partial charge in [-0.15, -0.1) is 11.3 Å². The van der Waals surface area contributed by atoms with Gasteiger partial charge in [0.25, 0.3) is 0 Å². The number of nitrogens with zero attached hydrogens (tertiary/aromatic N) is 1. The lowest BCUT2D eigenvalue weighted by molar-refractivity contribution is -0.139. The molecule has 0 radical (unpaired) electrons. The van der Waals surface area contributed by atoms with E-state index in [0.717, 1.165) is 23.5 Å². The Balaban J connectivity index is 1.79. The Morgan fingerprint density at radius 2 is 1.96 bits per heavy atom. The summed E-state index contributed by atoms with van der Waals surface area (Å²) < 4.78 is 59.1. The number of fused-ring (bicyclic) bond motifs is 1. The minimum atomic E-state index is -1.34. The van der Waals surface area contributed by atoms with E-state index in [1.54, 1.807) is 0 Å². The molecule has 0 bridgehead atoms. The van der Waals surface area contributed by atoms with Gasteiger partial charge in [0, 0.05) is 12.1 Å². The van der Waals surface area contributed by atoms with Gasteiger partial charge in [0.1, 0.15) is 32.9 Å². The molecule has 1 aromatic heterocycles. The standard InChI is InChI=1S/C17H10F4N2O3S2/c18-7-1-2-8(11(3-7)26-6-13(24)25)17(27)22-5-12-23-15-14(21)9(19)4-10(20)16(15)28-12/h1-4H,5-6H2,(H,22,27)(H,24,25). The number of aliphatic carboxylic acids is 1. The lowest BCUT2D eigenvalue weighted by atomic mass is 10.2. The van der Waals surface area contributed by atoms with Crippen molar-refractivity contribution in [3.63, 3.8) is 0 Å². The van der Waals surface area contributed by atoms with Crippen LogP contribution >= 0.6 is 23.6 Å². The maximum Gasteiger partial charge on any atom is 0.341 e. The van der Waals surface area contributed by atoms with Gasteiger partial charge >= 0.3 is 5.97 Å². The van der Waals surface area contributed by atoms with E-state index < -0.39 is 41.4 Å². The van der Waals surface area contributed by atoms with Crippen molar-refractivity contribution < 1.29 is 32.2 Å². The molecule has 5 nitrogen and oxygen atoms in total. The molecule has 0 aliphatic heterocycles. The van der Waals surface area contributed by atoms with E-state index in [2.05, 4.69) is 10.3 Å². The third-order valence-electron chi connectivity index (χ3n) is 3.50. The van der Waals surface area contributed by atoms with E-state index in [1.165, 1.54) is 6.07 Å². The molecule has 146 valence electrons. The zero-order valence-corrected chi connectivity index (χ0v) is 15.4. The van der Waals surface area contributed by atoms with Crippen LogP contribution in [-0.2, 0) is 11.3 Å². The van der Waals surface area contributed by atoms with E-state index in [9.17, 15) is 22.4 Å². The largest absolute Gasteiger partial charge is 0.481 e. The molecule has 1 heterocycles. The summed E-state index contributed by atoms with van der Waals surface area (Å²) in [5, 5.41) is 11.7. The molecule has 0 saturated carbocycles. The van der Waals surface area contributed by atoms with Gasteiger partial charge in [0.15, 0.2) is 18.2 Å². The number of carbonyl (C=O) groups is 1. The number of hydrogen-bond donors (Lipinski definition) is 2. The lowest BCUT2D eigenvalue weighted by Gasteiger charge is -2.12. The third-order valence-corrected chi connectivity index (χ3v) is 4.93. The fraction of sp³-hybridized carbons (Fsp3) is 0.118. The second-order valence-corrected chi connectivity index (χ2v) is 6.94. The van der Waals surface area contributed by atoms with Crippen LogP contribution in [0.2, 0.25) is 0 Å². The maximum atomic E-state index is 13.8. The SMILES string of the molecule is O=C(O)COc1cc(F)ccc1C(=S)NCc1nc2c(F)c(F)cc(F)c2s1. The minimum absolute atomic E-state index is 0.0472. The van der Waals surface area contributed by atoms with Gasteiger partial charge in [-0.1, -0.05) is 12.2 Å². The molecule has 0 fully saturated rings. The predicted molar refractivity (Wildman–Crippen MR) is 97.6 cm³/mol. The number of rotatable bonds is 6. The van der Waals surface area contributed by atoms with Crippen LogP contribution in [0.3, 0.4) is 0 Å². The first-order valence-electron chi connectivity index (χ1n) is 7.61. The van der Waals surface area contributed by atoms with Crippen molar-refractivity contribution in [2.24, 2.45) is 0 Å². The molecule has 0 spiro atoms. The number of ether oxygens (including phenoxy) is 1. The summed E-state index contributed by atoms with van der Waals surface area (Å²) in [5.41, 5.74) is -0.195. The van der Waals surface area contributed by atoms with Crippen LogP contribution in [0.4, 0.5) is 17.6 Å². The van der Waals surface area contributed by atoms with E-state index in [1.807, 2.05) is 0 Å². The topological polar surface area (TPSA) is 71.5 Å². The van der Waals surface area contributed by atoms with Crippen LogP contribution < -0.4 is 10.1 Å². The van der Waals surface area contributed by atoms with Gasteiger partial charge in [0.2, 0.25) is 0 Å². The van der Waals surface area contributed by atoms with Crippen LogP contribution in [0.1, 0.15) is 10.6 Å². The predicted octanol–water partition coefficient (Wildman–Crippen LogP) is 3.78. The van der Waals surface area contributed by atoms with Crippen molar-refractivity contribution in [3.8, 4) is 5.75 Å². The van der Waals surface area contributed by atoms with Crippen LogP contribution in [0.15, 0.2) is 24.3 Å². The number of carboxylic acid groups (broad SMARTS) is 1. The molecule has 0 amide bonds. The number of thiocarbonyl (C=S) groups is 1. The van der Waals surface area contributed by atoms with Gasteiger partial charge < -0.3 is 15.2 Å². The molecule has 2 aromatic carbocycles. The molecule has 0 saturated heterocycles. The zero-order chi connectivity index (χ0) is 20.4. The van der Waals surface area contributed by atoms with Crippen molar-refractivity contribution in [3.05, 3.63) is 58.1 Å². The van der Waals surface area contributed by atoms with Crippen LogP contribution in [0, 0.1) is 23.3 Å². The highest BCUT2D eigenvalue weighted by Crippen LogP contribution is 2.29. The second kappa shape index (κ2) is 8.07. The second-order valence-electron chi connectivity index (χ2n) is 5.45. The third kappa shape index (κ3) is 4.20. The molecule has 3 aromatic rings. The summed E-state index contributed by atoms with van der Waals surface area (Å²) in [6.45, 7) is -0.741.